The quantitative estimate of drug-likeness (QED) is 0.769. The van der Waals surface area contributed by atoms with Crippen LogP contribution < -0.4 is 15.2 Å². The number of aromatic nitrogens is 1. The Labute approximate surface area is 150 Å². The second-order valence-electron chi connectivity index (χ2n) is 5.51. The normalized spacial score (nSPS) is 10.2. The zero-order valence-corrected chi connectivity index (χ0v) is 14.3. The monoisotopic (exact) mass is 349 g/mol. The average molecular weight is 349 g/mol. The van der Waals surface area contributed by atoms with Crippen LogP contribution in [0, 0.1) is 17.1 Å². The Kier molecular flexibility index (Phi) is 4.72. The van der Waals surface area contributed by atoms with E-state index in [-0.39, 0.29) is 17.2 Å². The van der Waals surface area contributed by atoms with Gasteiger partial charge in [-0.1, -0.05) is 18.2 Å². The predicted octanol–water partition coefficient (Wildman–Crippen LogP) is 4.03. The van der Waals surface area contributed by atoms with Crippen LogP contribution in [0.4, 0.5) is 10.2 Å². The number of pyridine rings is 1. The smallest absolute Gasteiger partial charge is 0.161 e. The van der Waals surface area contributed by atoms with Gasteiger partial charge in [-0.05, 0) is 35.9 Å². The zero-order chi connectivity index (χ0) is 18.7. The fourth-order valence-electron chi connectivity index (χ4n) is 2.71. The summed E-state index contributed by atoms with van der Waals surface area (Å²) in [6, 6.07) is 15.1. The van der Waals surface area contributed by atoms with Crippen molar-refractivity contribution in [1.29, 1.82) is 5.26 Å². The van der Waals surface area contributed by atoms with Gasteiger partial charge in [0.15, 0.2) is 11.5 Å². The number of halogens is 1. The standard InChI is InChI=1S/C20H16FN3O2/c1-25-18-7-6-12(9-19(18)26-2)15-10-17(24-20(23)16(15)11-22)13-4-3-5-14(21)8-13/h3-10H,1-2H3,(H2,23,24). The first-order valence-corrected chi connectivity index (χ1v) is 7.76. The van der Waals surface area contributed by atoms with Crippen molar-refractivity contribution in [2.45, 2.75) is 0 Å². The third-order valence-corrected chi connectivity index (χ3v) is 3.97. The van der Waals surface area contributed by atoms with Gasteiger partial charge in [0.05, 0.1) is 19.9 Å². The van der Waals surface area contributed by atoms with E-state index in [2.05, 4.69) is 11.1 Å². The van der Waals surface area contributed by atoms with Gasteiger partial charge in [-0.3, -0.25) is 0 Å². The van der Waals surface area contributed by atoms with Crippen LogP contribution in [0.3, 0.4) is 0 Å². The molecule has 3 rings (SSSR count). The Balaban J connectivity index is 2.22. The fourth-order valence-corrected chi connectivity index (χ4v) is 2.71. The maximum atomic E-state index is 13.6. The lowest BCUT2D eigenvalue weighted by Crippen LogP contribution is -2.00. The van der Waals surface area contributed by atoms with Gasteiger partial charge < -0.3 is 15.2 Å². The highest BCUT2D eigenvalue weighted by molar-refractivity contribution is 5.81. The number of nitrogen functional groups attached to an aromatic ring is 1. The average Bonchev–Trinajstić information content (AvgIpc) is 2.66. The molecule has 130 valence electrons. The molecule has 5 nitrogen and oxygen atoms in total. The van der Waals surface area contributed by atoms with Gasteiger partial charge in [-0.25, -0.2) is 9.37 Å². The second-order valence-corrected chi connectivity index (χ2v) is 5.51. The molecule has 0 amide bonds. The van der Waals surface area contributed by atoms with E-state index in [1.54, 1.807) is 43.5 Å². The SMILES string of the molecule is COc1ccc(-c2cc(-c3cccc(F)c3)nc(N)c2C#N)cc1OC. The van der Waals surface area contributed by atoms with Crippen LogP contribution in [0.15, 0.2) is 48.5 Å². The van der Waals surface area contributed by atoms with Gasteiger partial charge >= 0.3 is 0 Å². The summed E-state index contributed by atoms with van der Waals surface area (Å²) in [5, 5.41) is 9.51. The Hall–Kier alpha value is -3.59. The predicted molar refractivity (Wildman–Crippen MR) is 97.3 cm³/mol. The molecule has 0 aliphatic rings. The molecule has 0 atom stereocenters. The molecule has 3 aromatic rings. The number of methoxy groups -OCH3 is 2. The molecule has 0 fully saturated rings. The zero-order valence-electron chi connectivity index (χ0n) is 14.3. The topological polar surface area (TPSA) is 81.2 Å². The molecule has 0 bridgehead atoms. The molecular weight excluding hydrogens is 333 g/mol. The van der Waals surface area contributed by atoms with Crippen LogP contribution >= 0.6 is 0 Å². The molecule has 0 saturated carbocycles. The van der Waals surface area contributed by atoms with E-state index in [1.165, 1.54) is 19.2 Å². The molecule has 0 aliphatic carbocycles. The first kappa shape index (κ1) is 17.2. The second kappa shape index (κ2) is 7.11. The van der Waals surface area contributed by atoms with Gasteiger partial charge in [-0.2, -0.15) is 5.26 Å². The number of hydrogen-bond acceptors (Lipinski definition) is 5. The van der Waals surface area contributed by atoms with Gasteiger partial charge in [0.1, 0.15) is 23.3 Å². The van der Waals surface area contributed by atoms with Gasteiger partial charge in [0.25, 0.3) is 0 Å². The summed E-state index contributed by atoms with van der Waals surface area (Å²) >= 11 is 0. The summed E-state index contributed by atoms with van der Waals surface area (Å²) in [4.78, 5) is 4.25. The summed E-state index contributed by atoms with van der Waals surface area (Å²) in [5.74, 6) is 0.803. The minimum atomic E-state index is -0.375. The number of hydrogen-bond donors (Lipinski definition) is 1. The van der Waals surface area contributed by atoms with Crippen molar-refractivity contribution in [2.75, 3.05) is 20.0 Å². The Morgan fingerprint density at radius 2 is 1.77 bits per heavy atom. The van der Waals surface area contributed by atoms with Crippen molar-refractivity contribution < 1.29 is 13.9 Å². The van der Waals surface area contributed by atoms with Crippen LogP contribution in [0.25, 0.3) is 22.4 Å². The number of benzene rings is 2. The maximum Gasteiger partial charge on any atom is 0.161 e. The summed E-state index contributed by atoms with van der Waals surface area (Å²) < 4.78 is 24.1. The Bertz CT molecular complexity index is 1010. The third-order valence-electron chi connectivity index (χ3n) is 3.97. The first-order chi connectivity index (χ1) is 12.6. The van der Waals surface area contributed by atoms with Gasteiger partial charge in [0.2, 0.25) is 0 Å². The van der Waals surface area contributed by atoms with E-state index < -0.39 is 0 Å². The summed E-state index contributed by atoms with van der Waals surface area (Å²) in [6.45, 7) is 0. The van der Waals surface area contributed by atoms with Crippen LogP contribution in [-0.4, -0.2) is 19.2 Å². The van der Waals surface area contributed by atoms with E-state index >= 15 is 0 Å². The van der Waals surface area contributed by atoms with Crippen molar-refractivity contribution in [3.05, 3.63) is 59.9 Å². The summed E-state index contributed by atoms with van der Waals surface area (Å²) in [6.07, 6.45) is 0. The molecule has 0 aliphatic heterocycles. The summed E-state index contributed by atoms with van der Waals surface area (Å²) in [5.41, 5.74) is 8.58. The number of ether oxygens (including phenoxy) is 2. The van der Waals surface area contributed by atoms with Crippen LogP contribution in [0.2, 0.25) is 0 Å². The number of anilines is 1. The van der Waals surface area contributed by atoms with Crippen molar-refractivity contribution in [3.63, 3.8) is 0 Å². The molecule has 6 heteroatoms. The molecule has 1 aromatic heterocycles. The third kappa shape index (κ3) is 3.15. The molecule has 26 heavy (non-hydrogen) atoms. The van der Waals surface area contributed by atoms with E-state index in [4.69, 9.17) is 15.2 Å². The number of nitriles is 1. The highest BCUT2D eigenvalue weighted by Gasteiger charge is 2.15. The number of rotatable bonds is 4. The van der Waals surface area contributed by atoms with E-state index in [1.807, 2.05) is 0 Å². The molecule has 0 radical (unpaired) electrons. The molecule has 1 heterocycles. The van der Waals surface area contributed by atoms with Crippen LogP contribution in [0.5, 0.6) is 11.5 Å². The van der Waals surface area contributed by atoms with Crippen molar-refractivity contribution >= 4 is 5.82 Å². The minimum Gasteiger partial charge on any atom is -0.493 e. The van der Waals surface area contributed by atoms with Gasteiger partial charge in [-0.15, -0.1) is 0 Å². The van der Waals surface area contributed by atoms with E-state index in [9.17, 15) is 9.65 Å². The maximum absolute atomic E-state index is 13.6. The molecule has 0 saturated heterocycles. The lowest BCUT2D eigenvalue weighted by molar-refractivity contribution is 0.355. The Morgan fingerprint density at radius 3 is 2.42 bits per heavy atom. The molecule has 2 N–H and O–H groups in total. The highest BCUT2D eigenvalue weighted by atomic mass is 19.1. The number of nitrogens with two attached hydrogens (primary N) is 1. The minimum absolute atomic E-state index is 0.0825. The van der Waals surface area contributed by atoms with Crippen LogP contribution in [0.1, 0.15) is 5.56 Å². The van der Waals surface area contributed by atoms with Crippen molar-refractivity contribution in [1.82, 2.24) is 4.98 Å². The first-order valence-electron chi connectivity index (χ1n) is 7.76. The molecule has 0 unspecified atom stereocenters. The lowest BCUT2D eigenvalue weighted by atomic mass is 9.98. The van der Waals surface area contributed by atoms with Crippen LogP contribution in [-0.2, 0) is 0 Å². The van der Waals surface area contributed by atoms with Crippen molar-refractivity contribution in [2.24, 2.45) is 0 Å². The van der Waals surface area contributed by atoms with E-state index in [0.29, 0.717) is 33.9 Å². The van der Waals surface area contributed by atoms with Crippen molar-refractivity contribution in [3.8, 4) is 40.0 Å². The fraction of sp³-hybridized carbons (Fsp3) is 0.100. The molecular formula is C20H16FN3O2. The highest BCUT2D eigenvalue weighted by Crippen LogP contribution is 2.36. The Morgan fingerprint density at radius 1 is 1.00 bits per heavy atom. The van der Waals surface area contributed by atoms with E-state index in [0.717, 1.165) is 0 Å². The summed E-state index contributed by atoms with van der Waals surface area (Å²) in [7, 11) is 3.08. The molecule has 2 aromatic carbocycles. The van der Waals surface area contributed by atoms with Gasteiger partial charge in [0, 0.05) is 11.1 Å². The lowest BCUT2D eigenvalue weighted by Gasteiger charge is -2.13. The number of nitrogens with zero attached hydrogens (tertiary/aromatic N) is 2. The largest absolute Gasteiger partial charge is 0.493 e. The molecule has 0 spiro atoms.